The second kappa shape index (κ2) is 11.1. The molecule has 2 N–H and O–H groups in total. The molecular weight excluding hydrogens is 390 g/mol. The average molecular weight is 424 g/mol. The van der Waals surface area contributed by atoms with Crippen LogP contribution < -0.4 is 15.4 Å². The Morgan fingerprint density at radius 1 is 1.28 bits per heavy atom. The minimum absolute atomic E-state index is 0.0517. The molecule has 8 heteroatoms. The minimum atomic E-state index is -0.923. The Bertz CT molecular complexity index is 628. The lowest BCUT2D eigenvalue weighted by atomic mass is 9.91. The molecule has 1 saturated carbocycles. The maximum atomic E-state index is 12.5. The van der Waals surface area contributed by atoms with Gasteiger partial charge in [0.15, 0.2) is 5.88 Å². The highest BCUT2D eigenvalue weighted by Crippen LogP contribution is 2.29. The summed E-state index contributed by atoms with van der Waals surface area (Å²) >= 11 is -0.923. The molecule has 7 nitrogen and oxygen atoms in total. The zero-order valence-electron chi connectivity index (χ0n) is 17.3. The first kappa shape index (κ1) is 22.2. The molecule has 2 fully saturated rings. The Labute approximate surface area is 176 Å². The summed E-state index contributed by atoms with van der Waals surface area (Å²) < 4.78 is 23.6. The van der Waals surface area contributed by atoms with Crippen molar-refractivity contribution in [1.29, 1.82) is 0 Å². The molecule has 2 aliphatic rings. The third-order valence-corrected chi connectivity index (χ3v) is 6.09. The van der Waals surface area contributed by atoms with Crippen LogP contribution in [0.1, 0.15) is 32.6 Å². The number of rotatable bonds is 9. The van der Waals surface area contributed by atoms with Gasteiger partial charge in [0.25, 0.3) is 0 Å². The van der Waals surface area contributed by atoms with Gasteiger partial charge in [-0.05, 0) is 43.1 Å². The van der Waals surface area contributed by atoms with Crippen molar-refractivity contribution in [2.75, 3.05) is 31.8 Å². The summed E-state index contributed by atoms with van der Waals surface area (Å²) in [5, 5.41) is 6.28. The standard InChI is InChI=1S/C21H33N3O4S/c1-3-22-21(25)24-11-7-10-19(23-15-29(2)26)20(24)14-27-17-12-18(13-17)28-16-8-5-4-6-9-16/h4-6,8-9,17-20,23H,3,7,10-15H2,1-2H3,(H,22,25)/t17-,18-,19-,20-,29?/m0/s1. The Kier molecular flexibility index (Phi) is 8.47. The van der Waals surface area contributed by atoms with Gasteiger partial charge in [0, 0.05) is 32.0 Å². The Morgan fingerprint density at radius 2 is 2.03 bits per heavy atom. The van der Waals surface area contributed by atoms with Crippen LogP contribution in [0.25, 0.3) is 0 Å². The van der Waals surface area contributed by atoms with Crippen LogP contribution in [-0.4, -0.2) is 71.6 Å². The van der Waals surface area contributed by atoms with Crippen LogP contribution in [0.4, 0.5) is 4.79 Å². The summed E-state index contributed by atoms with van der Waals surface area (Å²) in [5.41, 5.74) is 0. The number of hydrogen-bond donors (Lipinski definition) is 2. The van der Waals surface area contributed by atoms with Gasteiger partial charge >= 0.3 is 6.03 Å². The fraction of sp³-hybridized carbons (Fsp3) is 0.667. The summed E-state index contributed by atoms with van der Waals surface area (Å²) in [5.74, 6) is 1.32. The molecule has 2 amide bonds. The molecule has 1 heterocycles. The van der Waals surface area contributed by atoms with Gasteiger partial charge in [-0.25, -0.2) is 4.79 Å². The van der Waals surface area contributed by atoms with Crippen LogP contribution in [-0.2, 0) is 15.9 Å². The number of amides is 2. The van der Waals surface area contributed by atoms with Crippen molar-refractivity contribution in [3.8, 4) is 5.75 Å². The van der Waals surface area contributed by atoms with Gasteiger partial charge in [-0.2, -0.15) is 0 Å². The molecule has 1 unspecified atom stereocenters. The first-order valence-electron chi connectivity index (χ1n) is 10.5. The minimum Gasteiger partial charge on any atom is -0.616 e. The molecule has 0 bridgehead atoms. The quantitative estimate of drug-likeness (QED) is 0.594. The largest absolute Gasteiger partial charge is 0.616 e. The van der Waals surface area contributed by atoms with E-state index in [2.05, 4.69) is 10.6 Å². The number of ether oxygens (including phenoxy) is 2. The molecule has 0 radical (unpaired) electrons. The normalized spacial score (nSPS) is 27.8. The maximum absolute atomic E-state index is 12.5. The topological polar surface area (TPSA) is 85.9 Å². The van der Waals surface area contributed by atoms with Crippen LogP contribution in [0.15, 0.2) is 30.3 Å². The molecule has 1 aromatic carbocycles. The lowest BCUT2D eigenvalue weighted by Gasteiger charge is -2.43. The van der Waals surface area contributed by atoms with Crippen molar-refractivity contribution in [2.45, 2.75) is 56.9 Å². The molecule has 3 rings (SSSR count). The van der Waals surface area contributed by atoms with Crippen molar-refractivity contribution < 1.29 is 18.8 Å². The van der Waals surface area contributed by atoms with E-state index in [1.54, 1.807) is 6.26 Å². The highest BCUT2D eigenvalue weighted by atomic mass is 32.2. The van der Waals surface area contributed by atoms with Gasteiger partial charge in [0.05, 0.1) is 25.0 Å². The van der Waals surface area contributed by atoms with E-state index >= 15 is 0 Å². The highest BCUT2D eigenvalue weighted by molar-refractivity contribution is 7.90. The van der Waals surface area contributed by atoms with Crippen LogP contribution in [0.2, 0.25) is 0 Å². The van der Waals surface area contributed by atoms with Crippen LogP contribution in [0.5, 0.6) is 5.75 Å². The molecule has 0 aromatic heterocycles. The Balaban J connectivity index is 1.50. The highest BCUT2D eigenvalue weighted by Gasteiger charge is 2.37. The van der Waals surface area contributed by atoms with E-state index in [1.165, 1.54) is 0 Å². The van der Waals surface area contributed by atoms with Crippen LogP contribution >= 0.6 is 0 Å². The summed E-state index contributed by atoms with van der Waals surface area (Å²) in [6.45, 7) is 3.72. The number of para-hydroxylation sites is 1. The second-order valence-corrected chi connectivity index (χ2v) is 9.18. The van der Waals surface area contributed by atoms with E-state index in [-0.39, 0.29) is 30.3 Å². The fourth-order valence-corrected chi connectivity index (χ4v) is 4.36. The van der Waals surface area contributed by atoms with E-state index in [0.29, 0.717) is 19.0 Å². The van der Waals surface area contributed by atoms with Crippen molar-refractivity contribution >= 4 is 17.2 Å². The molecule has 1 aliphatic carbocycles. The van der Waals surface area contributed by atoms with Gasteiger partial charge in [0.2, 0.25) is 0 Å². The van der Waals surface area contributed by atoms with Crippen LogP contribution in [0, 0.1) is 0 Å². The van der Waals surface area contributed by atoms with Crippen LogP contribution in [0.3, 0.4) is 0 Å². The Morgan fingerprint density at radius 3 is 2.72 bits per heavy atom. The SMILES string of the molecule is CCNC(=O)N1CCC[C@H](NC[S+](C)[O-])[C@@H]1CO[C@H]1C[C@H](Oc2ccccc2)C1. The summed E-state index contributed by atoms with van der Waals surface area (Å²) in [7, 11) is 0. The Hall–Kier alpha value is -1.48. The number of likely N-dealkylation sites (tertiary alicyclic amines) is 1. The summed E-state index contributed by atoms with van der Waals surface area (Å²) in [4.78, 5) is 14.4. The maximum Gasteiger partial charge on any atom is 0.317 e. The molecule has 29 heavy (non-hydrogen) atoms. The number of piperidine rings is 1. The number of carbonyl (C=O) groups excluding carboxylic acids is 1. The number of nitrogens with zero attached hydrogens (tertiary/aromatic N) is 1. The third-order valence-electron chi connectivity index (χ3n) is 5.52. The van der Waals surface area contributed by atoms with Gasteiger partial charge < -0.3 is 24.2 Å². The number of urea groups is 1. The lowest BCUT2D eigenvalue weighted by molar-refractivity contribution is -0.0799. The van der Waals surface area contributed by atoms with E-state index in [0.717, 1.165) is 38.0 Å². The fourth-order valence-electron chi connectivity index (χ4n) is 3.91. The zero-order valence-corrected chi connectivity index (χ0v) is 18.2. The lowest BCUT2D eigenvalue weighted by Crippen LogP contribution is -2.60. The summed E-state index contributed by atoms with van der Waals surface area (Å²) in [6.07, 6.45) is 5.63. The summed E-state index contributed by atoms with van der Waals surface area (Å²) in [6, 6.07) is 9.82. The molecule has 1 aliphatic heterocycles. The van der Waals surface area contributed by atoms with Gasteiger partial charge in [-0.1, -0.05) is 18.2 Å². The number of nitrogens with one attached hydrogen (secondary N) is 2. The molecular formula is C21H33N3O4S. The van der Waals surface area contributed by atoms with Crippen molar-refractivity contribution in [2.24, 2.45) is 0 Å². The van der Waals surface area contributed by atoms with Gasteiger partial charge in [-0.15, -0.1) is 0 Å². The van der Waals surface area contributed by atoms with Crippen molar-refractivity contribution in [3.63, 3.8) is 0 Å². The van der Waals surface area contributed by atoms with Gasteiger partial charge in [0.1, 0.15) is 11.9 Å². The smallest absolute Gasteiger partial charge is 0.317 e. The number of benzene rings is 1. The number of carbonyl (C=O) groups is 1. The molecule has 1 aromatic rings. The van der Waals surface area contributed by atoms with E-state index in [1.807, 2.05) is 42.2 Å². The molecule has 162 valence electrons. The van der Waals surface area contributed by atoms with E-state index < -0.39 is 11.2 Å². The average Bonchev–Trinajstić information content (AvgIpc) is 2.69. The van der Waals surface area contributed by atoms with Gasteiger partial charge in [-0.3, -0.25) is 5.32 Å². The molecule has 0 spiro atoms. The molecule has 1 saturated heterocycles. The predicted molar refractivity (Wildman–Crippen MR) is 114 cm³/mol. The third kappa shape index (κ3) is 6.50. The monoisotopic (exact) mass is 423 g/mol. The first-order valence-corrected chi connectivity index (χ1v) is 12.2. The van der Waals surface area contributed by atoms with E-state index in [4.69, 9.17) is 9.47 Å². The first-order chi connectivity index (χ1) is 14.1. The van der Waals surface area contributed by atoms with Crippen molar-refractivity contribution in [1.82, 2.24) is 15.5 Å². The zero-order chi connectivity index (χ0) is 20.6. The van der Waals surface area contributed by atoms with Crippen molar-refractivity contribution in [3.05, 3.63) is 30.3 Å². The number of hydrogen-bond acceptors (Lipinski definition) is 5. The van der Waals surface area contributed by atoms with E-state index in [9.17, 15) is 9.35 Å². The predicted octanol–water partition coefficient (Wildman–Crippen LogP) is 2.10. The second-order valence-electron chi connectivity index (χ2n) is 7.75. The molecule has 3 atom stereocenters.